The van der Waals surface area contributed by atoms with Crippen molar-refractivity contribution in [1.82, 2.24) is 9.55 Å². The zero-order valence-corrected chi connectivity index (χ0v) is 13.4. The van der Waals surface area contributed by atoms with Gasteiger partial charge in [0.05, 0.1) is 11.0 Å². The van der Waals surface area contributed by atoms with Gasteiger partial charge < -0.3 is 0 Å². The zero-order chi connectivity index (χ0) is 15.0. The number of benzene rings is 2. The Morgan fingerprint density at radius 2 is 1.76 bits per heavy atom. The van der Waals surface area contributed by atoms with Crippen LogP contribution >= 0.6 is 11.6 Å². The molecule has 1 heterocycles. The maximum absolute atomic E-state index is 5.97. The first-order valence-electron chi connectivity index (χ1n) is 7.21. The summed E-state index contributed by atoms with van der Waals surface area (Å²) in [4.78, 5) is 4.82. The Hall–Kier alpha value is -1.80. The molecule has 1 aromatic heterocycles. The number of halogens is 1. The molecule has 3 aromatic rings. The number of alkyl halides is 1. The fourth-order valence-corrected chi connectivity index (χ4v) is 3.08. The SMILES string of the molecule is Cc1cc(C)cc(-n2c(CCCl)nc3c(C)cccc32)c1. The predicted octanol–water partition coefficient (Wildman–Crippen LogP) is 4.73. The third-order valence-corrected chi connectivity index (χ3v) is 3.93. The number of fused-ring (bicyclic) bond motifs is 1. The third-order valence-electron chi connectivity index (χ3n) is 3.74. The van der Waals surface area contributed by atoms with Gasteiger partial charge in [0.2, 0.25) is 0 Å². The van der Waals surface area contributed by atoms with E-state index in [1.807, 2.05) is 0 Å². The number of rotatable bonds is 3. The van der Waals surface area contributed by atoms with Crippen LogP contribution in [0.5, 0.6) is 0 Å². The largest absolute Gasteiger partial charge is 0.296 e. The Balaban J connectivity index is 2.33. The molecule has 21 heavy (non-hydrogen) atoms. The highest BCUT2D eigenvalue weighted by molar-refractivity contribution is 6.17. The molecule has 0 aliphatic carbocycles. The maximum Gasteiger partial charge on any atom is 0.115 e. The van der Waals surface area contributed by atoms with E-state index in [1.165, 1.54) is 22.4 Å². The summed E-state index contributed by atoms with van der Waals surface area (Å²) in [6.07, 6.45) is 0.767. The number of aryl methyl sites for hydroxylation is 4. The molecule has 3 heteroatoms. The second-order valence-corrected chi connectivity index (χ2v) is 5.97. The van der Waals surface area contributed by atoms with E-state index in [-0.39, 0.29) is 0 Å². The zero-order valence-electron chi connectivity index (χ0n) is 12.7. The summed E-state index contributed by atoms with van der Waals surface area (Å²) in [7, 11) is 0. The molecule has 108 valence electrons. The van der Waals surface area contributed by atoms with Crippen LogP contribution in [-0.2, 0) is 6.42 Å². The van der Waals surface area contributed by atoms with Crippen molar-refractivity contribution in [2.45, 2.75) is 27.2 Å². The number of aromatic nitrogens is 2. The molecule has 3 rings (SSSR count). The van der Waals surface area contributed by atoms with Crippen molar-refractivity contribution in [3.63, 3.8) is 0 Å². The van der Waals surface area contributed by atoms with Gasteiger partial charge in [-0.05, 0) is 55.7 Å². The molecule has 0 N–H and O–H groups in total. The molecule has 0 aliphatic heterocycles. The van der Waals surface area contributed by atoms with E-state index in [0.717, 1.165) is 23.3 Å². The minimum Gasteiger partial charge on any atom is -0.296 e. The lowest BCUT2D eigenvalue weighted by atomic mass is 10.1. The van der Waals surface area contributed by atoms with E-state index in [4.69, 9.17) is 16.6 Å². The number of para-hydroxylation sites is 1. The lowest BCUT2D eigenvalue weighted by Gasteiger charge is -2.11. The van der Waals surface area contributed by atoms with Gasteiger partial charge in [0.25, 0.3) is 0 Å². The van der Waals surface area contributed by atoms with E-state index in [9.17, 15) is 0 Å². The van der Waals surface area contributed by atoms with Gasteiger partial charge in [0, 0.05) is 18.0 Å². The molecule has 0 spiro atoms. The highest BCUT2D eigenvalue weighted by atomic mass is 35.5. The molecule has 0 radical (unpaired) electrons. The van der Waals surface area contributed by atoms with Gasteiger partial charge in [-0.25, -0.2) is 4.98 Å². The quantitative estimate of drug-likeness (QED) is 0.639. The van der Waals surface area contributed by atoms with Crippen LogP contribution in [0.1, 0.15) is 22.5 Å². The maximum atomic E-state index is 5.97. The predicted molar refractivity (Wildman–Crippen MR) is 89.7 cm³/mol. The van der Waals surface area contributed by atoms with Crippen LogP contribution in [0.25, 0.3) is 16.7 Å². The summed E-state index contributed by atoms with van der Waals surface area (Å²) in [5.74, 6) is 1.60. The molecule has 0 saturated carbocycles. The summed E-state index contributed by atoms with van der Waals surface area (Å²) in [5, 5.41) is 0. The average molecular weight is 299 g/mol. The van der Waals surface area contributed by atoms with Crippen LogP contribution in [0.3, 0.4) is 0 Å². The van der Waals surface area contributed by atoms with Gasteiger partial charge in [0.15, 0.2) is 0 Å². The number of imidazole rings is 1. The lowest BCUT2D eigenvalue weighted by Crippen LogP contribution is -2.03. The minimum atomic E-state index is 0.577. The lowest BCUT2D eigenvalue weighted by molar-refractivity contribution is 0.910. The molecule has 2 nitrogen and oxygen atoms in total. The number of hydrogen-bond acceptors (Lipinski definition) is 1. The molecule has 0 fully saturated rings. The van der Waals surface area contributed by atoms with E-state index < -0.39 is 0 Å². The van der Waals surface area contributed by atoms with Crippen molar-refractivity contribution >= 4 is 22.6 Å². The Morgan fingerprint density at radius 3 is 2.43 bits per heavy atom. The van der Waals surface area contributed by atoms with Crippen molar-refractivity contribution in [3.8, 4) is 5.69 Å². The first kappa shape index (κ1) is 14.2. The molecule has 0 amide bonds. The Labute approximate surface area is 130 Å². The van der Waals surface area contributed by atoms with Gasteiger partial charge >= 0.3 is 0 Å². The topological polar surface area (TPSA) is 17.8 Å². The monoisotopic (exact) mass is 298 g/mol. The normalized spacial score (nSPS) is 11.2. The molecule has 0 atom stereocenters. The van der Waals surface area contributed by atoms with Crippen molar-refractivity contribution in [3.05, 3.63) is 58.9 Å². The molecule has 0 saturated heterocycles. The van der Waals surface area contributed by atoms with Crippen LogP contribution < -0.4 is 0 Å². The van der Waals surface area contributed by atoms with Crippen LogP contribution in [0.2, 0.25) is 0 Å². The molecule has 0 aliphatic rings. The summed E-state index contributed by atoms with van der Waals surface area (Å²) < 4.78 is 2.24. The van der Waals surface area contributed by atoms with Crippen molar-refractivity contribution < 1.29 is 0 Å². The summed E-state index contributed by atoms with van der Waals surface area (Å²) in [5.41, 5.74) is 7.11. The standard InChI is InChI=1S/C18H19ClN2/c1-12-9-13(2)11-15(10-12)21-16-6-4-5-14(3)18(16)20-17(21)7-8-19/h4-6,9-11H,7-8H2,1-3H3. The highest BCUT2D eigenvalue weighted by Gasteiger charge is 2.13. The first-order chi connectivity index (χ1) is 10.1. The second-order valence-electron chi connectivity index (χ2n) is 5.59. The molecule has 0 unspecified atom stereocenters. The average Bonchev–Trinajstić information content (AvgIpc) is 2.78. The fraction of sp³-hybridized carbons (Fsp3) is 0.278. The first-order valence-corrected chi connectivity index (χ1v) is 7.75. The summed E-state index contributed by atoms with van der Waals surface area (Å²) in [6, 6.07) is 12.9. The highest BCUT2D eigenvalue weighted by Crippen LogP contribution is 2.25. The smallest absolute Gasteiger partial charge is 0.115 e. The number of nitrogens with zero attached hydrogens (tertiary/aromatic N) is 2. The third kappa shape index (κ3) is 2.56. The van der Waals surface area contributed by atoms with E-state index in [0.29, 0.717) is 5.88 Å². The second kappa shape index (κ2) is 5.53. The minimum absolute atomic E-state index is 0.577. The fourth-order valence-electron chi connectivity index (χ4n) is 2.91. The summed E-state index contributed by atoms with van der Waals surface area (Å²) in [6.45, 7) is 6.36. The number of hydrogen-bond donors (Lipinski definition) is 0. The van der Waals surface area contributed by atoms with Crippen molar-refractivity contribution in [1.29, 1.82) is 0 Å². The van der Waals surface area contributed by atoms with Gasteiger partial charge in [-0.1, -0.05) is 18.2 Å². The van der Waals surface area contributed by atoms with Gasteiger partial charge in [0.1, 0.15) is 5.82 Å². The van der Waals surface area contributed by atoms with Gasteiger partial charge in [-0.3, -0.25) is 4.57 Å². The van der Waals surface area contributed by atoms with E-state index in [1.54, 1.807) is 0 Å². The van der Waals surface area contributed by atoms with Crippen molar-refractivity contribution in [2.75, 3.05) is 5.88 Å². The molecule has 0 bridgehead atoms. The Morgan fingerprint density at radius 1 is 1.05 bits per heavy atom. The Bertz CT molecular complexity index is 782. The van der Waals surface area contributed by atoms with Crippen LogP contribution in [0.4, 0.5) is 0 Å². The van der Waals surface area contributed by atoms with Crippen LogP contribution in [0, 0.1) is 20.8 Å². The van der Waals surface area contributed by atoms with Crippen LogP contribution in [0.15, 0.2) is 36.4 Å². The molecular weight excluding hydrogens is 280 g/mol. The molecular formula is C18H19ClN2. The van der Waals surface area contributed by atoms with E-state index in [2.05, 4.69) is 61.7 Å². The Kier molecular flexibility index (Phi) is 3.73. The molecule has 2 aromatic carbocycles. The van der Waals surface area contributed by atoms with Crippen molar-refractivity contribution in [2.24, 2.45) is 0 Å². The summed E-state index contributed by atoms with van der Waals surface area (Å²) >= 11 is 5.97. The van der Waals surface area contributed by atoms with Crippen LogP contribution in [-0.4, -0.2) is 15.4 Å². The van der Waals surface area contributed by atoms with Gasteiger partial charge in [-0.2, -0.15) is 0 Å². The van der Waals surface area contributed by atoms with Gasteiger partial charge in [-0.15, -0.1) is 11.6 Å². The van der Waals surface area contributed by atoms with E-state index >= 15 is 0 Å².